The lowest BCUT2D eigenvalue weighted by Gasteiger charge is -2.19. The molecule has 1 aromatic carbocycles. The van der Waals surface area contributed by atoms with Crippen molar-refractivity contribution in [1.29, 1.82) is 0 Å². The van der Waals surface area contributed by atoms with Gasteiger partial charge in [-0.3, -0.25) is 11.3 Å². The summed E-state index contributed by atoms with van der Waals surface area (Å²) in [5.74, 6) is 5.64. The topological polar surface area (TPSA) is 72.2 Å². The van der Waals surface area contributed by atoms with E-state index in [1.54, 1.807) is 0 Å². The van der Waals surface area contributed by atoms with Gasteiger partial charge in [-0.25, -0.2) is 8.42 Å². The fourth-order valence-electron chi connectivity index (χ4n) is 1.81. The quantitative estimate of drug-likeness (QED) is 0.614. The summed E-state index contributed by atoms with van der Waals surface area (Å²) >= 11 is 0. The predicted molar refractivity (Wildman–Crippen MR) is 70.3 cm³/mol. The summed E-state index contributed by atoms with van der Waals surface area (Å²) in [6.07, 6.45) is 1.73. The minimum Gasteiger partial charge on any atom is -0.271 e. The second-order valence-corrected chi connectivity index (χ2v) is 6.69. The van der Waals surface area contributed by atoms with Crippen LogP contribution in [0.5, 0.6) is 0 Å². The highest BCUT2D eigenvalue weighted by Gasteiger charge is 2.15. The Labute approximate surface area is 103 Å². The molecule has 0 heterocycles. The lowest BCUT2D eigenvalue weighted by Crippen LogP contribution is -2.30. The lowest BCUT2D eigenvalue weighted by atomic mass is 9.96. The van der Waals surface area contributed by atoms with Gasteiger partial charge in [0.1, 0.15) is 9.84 Å². The molecule has 0 spiro atoms. The van der Waals surface area contributed by atoms with Crippen molar-refractivity contribution in [2.45, 2.75) is 26.3 Å². The monoisotopic (exact) mass is 256 g/mol. The van der Waals surface area contributed by atoms with Crippen LogP contribution in [-0.4, -0.2) is 20.4 Å². The molecule has 1 rings (SSSR count). The molecule has 0 saturated carbocycles. The minimum absolute atomic E-state index is 0.121. The van der Waals surface area contributed by atoms with Gasteiger partial charge in [-0.15, -0.1) is 0 Å². The number of rotatable bonds is 5. The number of aryl methyl sites for hydroxylation is 1. The summed E-state index contributed by atoms with van der Waals surface area (Å²) in [6, 6.07) is 5.85. The summed E-state index contributed by atoms with van der Waals surface area (Å²) in [7, 11) is -2.96. The van der Waals surface area contributed by atoms with E-state index in [1.807, 2.05) is 32.0 Å². The Bertz CT molecular complexity index is 483. The zero-order valence-electron chi connectivity index (χ0n) is 10.5. The molecule has 0 aliphatic rings. The van der Waals surface area contributed by atoms with Gasteiger partial charge in [0.05, 0.1) is 5.75 Å². The van der Waals surface area contributed by atoms with Gasteiger partial charge in [0, 0.05) is 12.3 Å². The van der Waals surface area contributed by atoms with Crippen molar-refractivity contribution >= 4 is 9.84 Å². The summed E-state index contributed by atoms with van der Waals surface area (Å²) in [6.45, 7) is 4.05. The SMILES string of the molecule is Cc1cccc(C(CCS(C)(=O)=O)NN)c1C. The van der Waals surface area contributed by atoms with E-state index in [2.05, 4.69) is 5.43 Å². The number of hydrazine groups is 1. The Hall–Kier alpha value is -0.910. The second-order valence-electron chi connectivity index (χ2n) is 4.43. The first-order valence-corrected chi connectivity index (χ1v) is 7.61. The molecule has 3 N–H and O–H groups in total. The number of hydrogen-bond acceptors (Lipinski definition) is 4. The second kappa shape index (κ2) is 5.62. The highest BCUT2D eigenvalue weighted by atomic mass is 32.2. The molecule has 0 aliphatic carbocycles. The first-order valence-electron chi connectivity index (χ1n) is 5.55. The van der Waals surface area contributed by atoms with Gasteiger partial charge in [0.25, 0.3) is 0 Å². The molecule has 96 valence electrons. The molecule has 0 aromatic heterocycles. The normalized spacial score (nSPS) is 13.6. The molecule has 5 heteroatoms. The van der Waals surface area contributed by atoms with Crippen LogP contribution in [0.1, 0.15) is 29.2 Å². The fraction of sp³-hybridized carbons (Fsp3) is 0.500. The molecule has 0 amide bonds. The van der Waals surface area contributed by atoms with Gasteiger partial charge >= 0.3 is 0 Å². The third kappa shape index (κ3) is 4.11. The van der Waals surface area contributed by atoms with Gasteiger partial charge in [-0.1, -0.05) is 18.2 Å². The van der Waals surface area contributed by atoms with E-state index in [9.17, 15) is 8.42 Å². The maximum atomic E-state index is 11.2. The smallest absolute Gasteiger partial charge is 0.147 e. The minimum atomic E-state index is -2.96. The van der Waals surface area contributed by atoms with Crippen molar-refractivity contribution in [3.63, 3.8) is 0 Å². The molecule has 0 radical (unpaired) electrons. The highest BCUT2D eigenvalue weighted by molar-refractivity contribution is 7.90. The summed E-state index contributed by atoms with van der Waals surface area (Å²) in [4.78, 5) is 0. The average Bonchev–Trinajstić information content (AvgIpc) is 2.23. The van der Waals surface area contributed by atoms with Crippen LogP contribution in [-0.2, 0) is 9.84 Å². The molecule has 4 nitrogen and oxygen atoms in total. The van der Waals surface area contributed by atoms with E-state index in [-0.39, 0.29) is 11.8 Å². The van der Waals surface area contributed by atoms with E-state index < -0.39 is 9.84 Å². The number of benzene rings is 1. The van der Waals surface area contributed by atoms with Gasteiger partial charge in [0.2, 0.25) is 0 Å². The Morgan fingerprint density at radius 1 is 1.35 bits per heavy atom. The van der Waals surface area contributed by atoms with Gasteiger partial charge < -0.3 is 0 Å². The fourth-order valence-corrected chi connectivity index (χ4v) is 2.48. The average molecular weight is 256 g/mol. The first-order chi connectivity index (χ1) is 7.85. The molecule has 1 unspecified atom stereocenters. The third-order valence-electron chi connectivity index (χ3n) is 3.00. The van der Waals surface area contributed by atoms with Crippen LogP contribution in [0.3, 0.4) is 0 Å². The number of sulfone groups is 1. The predicted octanol–water partition coefficient (Wildman–Crippen LogP) is 1.24. The van der Waals surface area contributed by atoms with E-state index in [4.69, 9.17) is 5.84 Å². The molecule has 0 bridgehead atoms. The number of hydrogen-bond donors (Lipinski definition) is 2. The summed E-state index contributed by atoms with van der Waals surface area (Å²) < 4.78 is 22.3. The Balaban J connectivity index is 2.90. The van der Waals surface area contributed by atoms with Crippen LogP contribution in [0.4, 0.5) is 0 Å². The van der Waals surface area contributed by atoms with Gasteiger partial charge in [-0.2, -0.15) is 0 Å². The van der Waals surface area contributed by atoms with Crippen molar-refractivity contribution in [1.82, 2.24) is 5.43 Å². The molecule has 0 aliphatic heterocycles. The van der Waals surface area contributed by atoms with Gasteiger partial charge in [0.15, 0.2) is 0 Å². The maximum Gasteiger partial charge on any atom is 0.147 e. The lowest BCUT2D eigenvalue weighted by molar-refractivity contribution is 0.529. The van der Waals surface area contributed by atoms with Crippen LogP contribution < -0.4 is 11.3 Å². The molecule has 0 fully saturated rings. The van der Waals surface area contributed by atoms with Crippen molar-refractivity contribution < 1.29 is 8.42 Å². The molecule has 0 saturated heterocycles. The first kappa shape index (κ1) is 14.2. The van der Waals surface area contributed by atoms with E-state index in [0.29, 0.717) is 6.42 Å². The highest BCUT2D eigenvalue weighted by Crippen LogP contribution is 2.22. The molecular formula is C12H20N2O2S. The molecule has 1 atom stereocenters. The Morgan fingerprint density at radius 2 is 2.00 bits per heavy atom. The largest absolute Gasteiger partial charge is 0.271 e. The maximum absolute atomic E-state index is 11.2. The number of nitrogens with two attached hydrogens (primary N) is 1. The van der Waals surface area contributed by atoms with Crippen LogP contribution in [0, 0.1) is 13.8 Å². The molecule has 1 aromatic rings. The van der Waals surface area contributed by atoms with Crippen molar-refractivity contribution in [3.05, 3.63) is 34.9 Å². The van der Waals surface area contributed by atoms with Gasteiger partial charge in [-0.05, 0) is 37.0 Å². The molecular weight excluding hydrogens is 236 g/mol. The van der Waals surface area contributed by atoms with Crippen molar-refractivity contribution in [2.24, 2.45) is 5.84 Å². The Kier molecular flexibility index (Phi) is 4.68. The molecule has 17 heavy (non-hydrogen) atoms. The van der Waals surface area contributed by atoms with Crippen LogP contribution in [0.2, 0.25) is 0 Å². The summed E-state index contributed by atoms with van der Waals surface area (Å²) in [5, 5.41) is 0. The van der Waals surface area contributed by atoms with Crippen LogP contribution >= 0.6 is 0 Å². The van der Waals surface area contributed by atoms with Crippen molar-refractivity contribution in [3.8, 4) is 0 Å². The standard InChI is InChI=1S/C12H20N2O2S/c1-9-5-4-6-11(10(9)2)12(14-13)7-8-17(3,15)16/h4-6,12,14H,7-8,13H2,1-3H3. The van der Waals surface area contributed by atoms with E-state index >= 15 is 0 Å². The van der Waals surface area contributed by atoms with E-state index in [1.165, 1.54) is 11.8 Å². The van der Waals surface area contributed by atoms with Crippen molar-refractivity contribution in [2.75, 3.05) is 12.0 Å². The number of nitrogens with one attached hydrogen (secondary N) is 1. The van der Waals surface area contributed by atoms with E-state index in [0.717, 1.165) is 11.1 Å². The Morgan fingerprint density at radius 3 is 2.53 bits per heavy atom. The van der Waals surface area contributed by atoms with Crippen LogP contribution in [0.15, 0.2) is 18.2 Å². The summed E-state index contributed by atoms with van der Waals surface area (Å²) in [5.41, 5.74) is 6.10. The zero-order chi connectivity index (χ0) is 13.1. The van der Waals surface area contributed by atoms with Crippen LogP contribution in [0.25, 0.3) is 0 Å². The third-order valence-corrected chi connectivity index (χ3v) is 3.98. The zero-order valence-corrected chi connectivity index (χ0v) is 11.3.